The molecule has 0 aromatic heterocycles. The largest absolute Gasteiger partial charge is 0.481 e. The number of hydrogen-bond acceptors (Lipinski definition) is 1. The van der Waals surface area contributed by atoms with Crippen LogP contribution < -0.4 is 0 Å². The average Bonchev–Trinajstić information content (AvgIpc) is 2.23. The molecule has 0 fully saturated rings. The molecular weight excluding hydrogens is 224 g/mol. The standard InChI is InChI=1S/C16H32O2/c1-6-8-10-13(9-7-2)11-14(15(17)18)12-16(3,4)5/h13-14H,6-12H2,1-5H3,(H,17,18). The van der Waals surface area contributed by atoms with E-state index in [0.29, 0.717) is 5.92 Å². The number of carbonyl (C=O) groups is 1. The van der Waals surface area contributed by atoms with Crippen molar-refractivity contribution < 1.29 is 9.90 Å². The summed E-state index contributed by atoms with van der Waals surface area (Å²) in [5.41, 5.74) is 0.102. The van der Waals surface area contributed by atoms with Crippen LogP contribution in [0.1, 0.15) is 79.6 Å². The van der Waals surface area contributed by atoms with E-state index >= 15 is 0 Å². The quantitative estimate of drug-likeness (QED) is 0.621. The third-order valence-electron chi connectivity index (χ3n) is 3.49. The number of carboxylic acids is 1. The van der Waals surface area contributed by atoms with Crippen molar-refractivity contribution in [1.29, 1.82) is 0 Å². The minimum absolute atomic E-state index is 0.102. The molecule has 0 aliphatic carbocycles. The fourth-order valence-corrected chi connectivity index (χ4v) is 2.69. The molecule has 108 valence electrons. The van der Waals surface area contributed by atoms with Crippen molar-refractivity contribution in [3.63, 3.8) is 0 Å². The van der Waals surface area contributed by atoms with E-state index in [1.165, 1.54) is 25.7 Å². The molecule has 2 unspecified atom stereocenters. The Labute approximate surface area is 113 Å². The first kappa shape index (κ1) is 17.5. The molecule has 18 heavy (non-hydrogen) atoms. The van der Waals surface area contributed by atoms with Crippen LogP contribution in [-0.4, -0.2) is 11.1 Å². The van der Waals surface area contributed by atoms with Gasteiger partial charge < -0.3 is 5.11 Å². The fraction of sp³-hybridized carbons (Fsp3) is 0.938. The van der Waals surface area contributed by atoms with E-state index in [1.54, 1.807) is 0 Å². The second-order valence-corrected chi connectivity index (χ2v) is 6.83. The van der Waals surface area contributed by atoms with Crippen molar-refractivity contribution in [2.45, 2.75) is 79.6 Å². The van der Waals surface area contributed by atoms with Crippen molar-refractivity contribution in [1.82, 2.24) is 0 Å². The van der Waals surface area contributed by atoms with Gasteiger partial charge in [-0.1, -0.05) is 66.7 Å². The predicted octanol–water partition coefficient (Wildman–Crippen LogP) is 5.12. The summed E-state index contributed by atoms with van der Waals surface area (Å²) in [6.45, 7) is 10.8. The van der Waals surface area contributed by atoms with Crippen LogP contribution in [-0.2, 0) is 4.79 Å². The maximum absolute atomic E-state index is 11.4. The SMILES string of the molecule is CCCCC(CCC)CC(CC(C)(C)C)C(=O)O. The van der Waals surface area contributed by atoms with Crippen molar-refractivity contribution >= 4 is 5.97 Å². The van der Waals surface area contributed by atoms with Crippen LogP contribution >= 0.6 is 0 Å². The second kappa shape index (κ2) is 8.55. The summed E-state index contributed by atoms with van der Waals surface area (Å²) in [5, 5.41) is 9.38. The van der Waals surface area contributed by atoms with Crippen LogP contribution in [0.4, 0.5) is 0 Å². The molecule has 0 aromatic rings. The number of aliphatic carboxylic acids is 1. The first-order valence-corrected chi connectivity index (χ1v) is 7.53. The van der Waals surface area contributed by atoms with Gasteiger partial charge in [0.05, 0.1) is 5.92 Å². The molecule has 0 aliphatic rings. The van der Waals surface area contributed by atoms with Gasteiger partial charge in [0, 0.05) is 0 Å². The molecule has 0 rings (SSSR count). The lowest BCUT2D eigenvalue weighted by molar-refractivity contribution is -0.143. The van der Waals surface area contributed by atoms with Crippen LogP contribution in [0.5, 0.6) is 0 Å². The minimum atomic E-state index is -0.609. The van der Waals surface area contributed by atoms with Crippen molar-refractivity contribution in [2.24, 2.45) is 17.3 Å². The van der Waals surface area contributed by atoms with Gasteiger partial charge in [-0.3, -0.25) is 4.79 Å². The Hall–Kier alpha value is -0.530. The highest BCUT2D eigenvalue weighted by molar-refractivity contribution is 5.70. The highest BCUT2D eigenvalue weighted by Crippen LogP contribution is 2.31. The first-order valence-electron chi connectivity index (χ1n) is 7.53. The zero-order valence-electron chi connectivity index (χ0n) is 13.0. The Kier molecular flexibility index (Phi) is 8.30. The van der Waals surface area contributed by atoms with Gasteiger partial charge in [-0.15, -0.1) is 0 Å². The van der Waals surface area contributed by atoms with Gasteiger partial charge in [0.1, 0.15) is 0 Å². The van der Waals surface area contributed by atoms with Gasteiger partial charge in [0.15, 0.2) is 0 Å². The van der Waals surface area contributed by atoms with E-state index in [9.17, 15) is 9.90 Å². The Morgan fingerprint density at radius 3 is 2.11 bits per heavy atom. The molecule has 1 N–H and O–H groups in total. The van der Waals surface area contributed by atoms with E-state index in [1.807, 2.05) is 0 Å². The van der Waals surface area contributed by atoms with Crippen molar-refractivity contribution in [3.05, 3.63) is 0 Å². The molecule has 0 bridgehead atoms. The smallest absolute Gasteiger partial charge is 0.306 e. The van der Waals surface area contributed by atoms with E-state index in [2.05, 4.69) is 34.6 Å². The predicted molar refractivity (Wildman–Crippen MR) is 77.7 cm³/mol. The van der Waals surface area contributed by atoms with Gasteiger partial charge in [-0.05, 0) is 24.2 Å². The summed E-state index contributed by atoms with van der Waals surface area (Å²) >= 11 is 0. The monoisotopic (exact) mass is 256 g/mol. The summed E-state index contributed by atoms with van der Waals surface area (Å²) < 4.78 is 0. The fourth-order valence-electron chi connectivity index (χ4n) is 2.69. The molecule has 0 saturated heterocycles. The molecular formula is C16H32O2. The average molecular weight is 256 g/mol. The Morgan fingerprint density at radius 1 is 1.11 bits per heavy atom. The van der Waals surface area contributed by atoms with E-state index < -0.39 is 5.97 Å². The lowest BCUT2D eigenvalue weighted by Crippen LogP contribution is -2.23. The topological polar surface area (TPSA) is 37.3 Å². The molecule has 0 spiro atoms. The molecule has 0 radical (unpaired) electrons. The second-order valence-electron chi connectivity index (χ2n) is 6.83. The van der Waals surface area contributed by atoms with Gasteiger partial charge in [-0.25, -0.2) is 0 Å². The van der Waals surface area contributed by atoms with E-state index in [0.717, 1.165) is 19.3 Å². The van der Waals surface area contributed by atoms with Crippen molar-refractivity contribution in [3.8, 4) is 0 Å². The summed E-state index contributed by atoms with van der Waals surface area (Å²) in [6, 6.07) is 0. The zero-order chi connectivity index (χ0) is 14.2. The minimum Gasteiger partial charge on any atom is -0.481 e. The van der Waals surface area contributed by atoms with Crippen LogP contribution in [0.2, 0.25) is 0 Å². The third kappa shape index (κ3) is 8.54. The summed E-state index contributed by atoms with van der Waals surface area (Å²) in [4.78, 5) is 11.4. The van der Waals surface area contributed by atoms with Gasteiger partial charge in [-0.2, -0.15) is 0 Å². The summed E-state index contributed by atoms with van der Waals surface area (Å²) in [5.74, 6) is -0.181. The van der Waals surface area contributed by atoms with Gasteiger partial charge >= 0.3 is 5.97 Å². The maximum Gasteiger partial charge on any atom is 0.306 e. The molecule has 2 atom stereocenters. The number of carboxylic acid groups (broad SMARTS) is 1. The Morgan fingerprint density at radius 2 is 1.72 bits per heavy atom. The molecule has 0 aliphatic heterocycles. The Bertz CT molecular complexity index is 228. The highest BCUT2D eigenvalue weighted by Gasteiger charge is 2.26. The lowest BCUT2D eigenvalue weighted by atomic mass is 9.79. The number of hydrogen-bond donors (Lipinski definition) is 1. The Balaban J connectivity index is 4.45. The molecule has 0 saturated carbocycles. The van der Waals surface area contributed by atoms with Gasteiger partial charge in [0.2, 0.25) is 0 Å². The number of rotatable bonds is 9. The molecule has 0 aromatic carbocycles. The maximum atomic E-state index is 11.4. The lowest BCUT2D eigenvalue weighted by Gasteiger charge is -2.26. The van der Waals surface area contributed by atoms with Gasteiger partial charge in [0.25, 0.3) is 0 Å². The molecule has 0 amide bonds. The summed E-state index contributed by atoms with van der Waals surface area (Å²) in [7, 11) is 0. The van der Waals surface area contributed by atoms with Crippen LogP contribution in [0.3, 0.4) is 0 Å². The highest BCUT2D eigenvalue weighted by atomic mass is 16.4. The van der Waals surface area contributed by atoms with Crippen LogP contribution in [0.15, 0.2) is 0 Å². The summed E-state index contributed by atoms with van der Waals surface area (Å²) in [6.07, 6.45) is 7.61. The number of unbranched alkanes of at least 4 members (excludes halogenated alkanes) is 1. The van der Waals surface area contributed by atoms with E-state index in [4.69, 9.17) is 0 Å². The van der Waals surface area contributed by atoms with E-state index in [-0.39, 0.29) is 11.3 Å². The zero-order valence-corrected chi connectivity index (χ0v) is 13.0. The molecule has 2 heteroatoms. The van der Waals surface area contributed by atoms with Crippen LogP contribution in [0, 0.1) is 17.3 Å². The van der Waals surface area contributed by atoms with Crippen LogP contribution in [0.25, 0.3) is 0 Å². The molecule has 0 heterocycles. The first-order chi connectivity index (χ1) is 8.30. The van der Waals surface area contributed by atoms with Crippen molar-refractivity contribution in [2.75, 3.05) is 0 Å². The normalized spacial score (nSPS) is 15.4. The molecule has 2 nitrogen and oxygen atoms in total. The third-order valence-corrected chi connectivity index (χ3v) is 3.49.